The van der Waals surface area contributed by atoms with Gasteiger partial charge in [-0.3, -0.25) is 9.89 Å². The topological polar surface area (TPSA) is 53.6 Å². The molecule has 4 nitrogen and oxygen atoms in total. The molecule has 2 aliphatic rings. The first kappa shape index (κ1) is 15.0. The second kappa shape index (κ2) is 7.39. The molecule has 1 heterocycles. The Labute approximate surface area is 121 Å². The molecule has 2 rings (SSSR count). The van der Waals surface area contributed by atoms with E-state index in [1.54, 1.807) is 0 Å². The summed E-state index contributed by atoms with van der Waals surface area (Å²) in [5, 5.41) is 3.18. The number of guanidine groups is 1. The molecule has 1 saturated carbocycles. The van der Waals surface area contributed by atoms with Crippen molar-refractivity contribution in [2.75, 3.05) is 37.7 Å². The van der Waals surface area contributed by atoms with Crippen molar-refractivity contribution in [1.29, 1.82) is 0 Å². The highest BCUT2D eigenvalue weighted by Gasteiger charge is 2.39. The fourth-order valence-electron chi connectivity index (χ4n) is 3.19. The Balaban J connectivity index is 1.95. The lowest BCUT2D eigenvalue weighted by atomic mass is 9.95. The van der Waals surface area contributed by atoms with Crippen molar-refractivity contribution in [2.45, 2.75) is 44.6 Å². The lowest BCUT2D eigenvalue weighted by Gasteiger charge is -2.42. The van der Waals surface area contributed by atoms with Crippen LogP contribution in [0.25, 0.3) is 0 Å². The molecule has 0 aromatic rings. The van der Waals surface area contributed by atoms with Crippen LogP contribution in [-0.2, 0) is 0 Å². The lowest BCUT2D eigenvalue weighted by Crippen LogP contribution is -2.53. The van der Waals surface area contributed by atoms with E-state index in [4.69, 9.17) is 5.73 Å². The highest BCUT2D eigenvalue weighted by atomic mass is 32.2. The van der Waals surface area contributed by atoms with E-state index in [-0.39, 0.29) is 0 Å². The number of rotatable bonds is 5. The second-order valence-corrected chi connectivity index (χ2v) is 6.88. The standard InChI is InChI=1S/C14H28N4S/c1-2-7-16-13(15)17-12-14(5-3-4-6-14)18-8-10-19-11-9-18/h2-12H2,1H3,(H3,15,16,17). The average Bonchev–Trinajstić information content (AvgIpc) is 2.94. The van der Waals surface area contributed by atoms with Crippen LogP contribution in [0, 0.1) is 0 Å². The van der Waals surface area contributed by atoms with Crippen LogP contribution in [0.2, 0.25) is 0 Å². The third-order valence-corrected chi connectivity index (χ3v) is 5.26. The molecule has 110 valence electrons. The molecule has 0 atom stereocenters. The van der Waals surface area contributed by atoms with Gasteiger partial charge in [-0.15, -0.1) is 0 Å². The predicted octanol–water partition coefficient (Wildman–Crippen LogP) is 1.66. The van der Waals surface area contributed by atoms with Gasteiger partial charge in [-0.05, 0) is 19.3 Å². The van der Waals surface area contributed by atoms with Crippen molar-refractivity contribution >= 4 is 17.7 Å². The first-order valence-electron chi connectivity index (χ1n) is 7.63. The maximum absolute atomic E-state index is 5.94. The number of thioether (sulfide) groups is 1. The van der Waals surface area contributed by atoms with E-state index >= 15 is 0 Å². The molecule has 2 fully saturated rings. The first-order chi connectivity index (χ1) is 9.27. The Morgan fingerprint density at radius 3 is 2.63 bits per heavy atom. The average molecular weight is 284 g/mol. The lowest BCUT2D eigenvalue weighted by molar-refractivity contribution is 0.112. The molecule has 0 aromatic heterocycles. The molecule has 0 spiro atoms. The van der Waals surface area contributed by atoms with Crippen LogP contribution in [0.15, 0.2) is 4.99 Å². The van der Waals surface area contributed by atoms with Crippen LogP contribution in [0.3, 0.4) is 0 Å². The van der Waals surface area contributed by atoms with Crippen molar-refractivity contribution in [3.63, 3.8) is 0 Å². The van der Waals surface area contributed by atoms with Gasteiger partial charge >= 0.3 is 0 Å². The van der Waals surface area contributed by atoms with E-state index in [9.17, 15) is 0 Å². The number of nitrogens with one attached hydrogen (secondary N) is 1. The van der Waals surface area contributed by atoms with Crippen molar-refractivity contribution < 1.29 is 0 Å². The third-order valence-electron chi connectivity index (χ3n) is 4.32. The van der Waals surface area contributed by atoms with E-state index in [1.165, 1.54) is 50.3 Å². The normalized spacial score (nSPS) is 24.6. The fraction of sp³-hybridized carbons (Fsp3) is 0.929. The zero-order valence-corrected chi connectivity index (χ0v) is 13.0. The Kier molecular flexibility index (Phi) is 5.82. The molecule has 5 heteroatoms. The number of hydrogen-bond donors (Lipinski definition) is 2. The smallest absolute Gasteiger partial charge is 0.188 e. The Bertz CT molecular complexity index is 294. The molecule has 1 aliphatic heterocycles. The fourth-order valence-corrected chi connectivity index (χ4v) is 4.09. The van der Waals surface area contributed by atoms with Crippen LogP contribution in [0.1, 0.15) is 39.0 Å². The van der Waals surface area contributed by atoms with Crippen molar-refractivity contribution in [1.82, 2.24) is 10.2 Å². The number of nitrogens with two attached hydrogens (primary N) is 1. The number of nitrogens with zero attached hydrogens (tertiary/aromatic N) is 2. The molecule has 19 heavy (non-hydrogen) atoms. The van der Waals surface area contributed by atoms with E-state index in [1.807, 2.05) is 0 Å². The first-order valence-corrected chi connectivity index (χ1v) is 8.79. The van der Waals surface area contributed by atoms with Gasteiger partial charge in [0.2, 0.25) is 0 Å². The molecule has 1 aliphatic carbocycles. The molecule has 0 aromatic carbocycles. The minimum Gasteiger partial charge on any atom is -0.370 e. The zero-order valence-electron chi connectivity index (χ0n) is 12.2. The van der Waals surface area contributed by atoms with Gasteiger partial charge < -0.3 is 11.1 Å². The van der Waals surface area contributed by atoms with Gasteiger partial charge in [-0.1, -0.05) is 19.8 Å². The van der Waals surface area contributed by atoms with E-state index < -0.39 is 0 Å². The molecular weight excluding hydrogens is 256 g/mol. The van der Waals surface area contributed by atoms with Crippen LogP contribution in [0.4, 0.5) is 0 Å². The van der Waals surface area contributed by atoms with Crippen LogP contribution < -0.4 is 11.1 Å². The minimum atomic E-state index is 0.305. The minimum absolute atomic E-state index is 0.305. The van der Waals surface area contributed by atoms with Crippen molar-refractivity contribution in [3.8, 4) is 0 Å². The maximum atomic E-state index is 5.94. The molecule has 1 saturated heterocycles. The SMILES string of the molecule is CCCNC(N)=NCC1(N2CCSCC2)CCCC1. The summed E-state index contributed by atoms with van der Waals surface area (Å²) in [7, 11) is 0. The predicted molar refractivity (Wildman–Crippen MR) is 84.9 cm³/mol. The van der Waals surface area contributed by atoms with E-state index in [0.717, 1.165) is 19.5 Å². The number of aliphatic imine (C=N–C) groups is 1. The highest BCUT2D eigenvalue weighted by molar-refractivity contribution is 7.99. The van der Waals surface area contributed by atoms with Gasteiger partial charge in [0.15, 0.2) is 5.96 Å². The molecule has 0 amide bonds. The Morgan fingerprint density at radius 2 is 2.00 bits per heavy atom. The summed E-state index contributed by atoms with van der Waals surface area (Å²) in [5.74, 6) is 3.17. The maximum Gasteiger partial charge on any atom is 0.188 e. The molecule has 0 radical (unpaired) electrons. The van der Waals surface area contributed by atoms with Gasteiger partial charge in [0, 0.05) is 36.7 Å². The van der Waals surface area contributed by atoms with Crippen LogP contribution in [-0.4, -0.2) is 54.1 Å². The summed E-state index contributed by atoms with van der Waals surface area (Å²) in [5.41, 5.74) is 6.25. The largest absolute Gasteiger partial charge is 0.370 e. The summed E-state index contributed by atoms with van der Waals surface area (Å²) in [6.45, 7) is 6.39. The van der Waals surface area contributed by atoms with Gasteiger partial charge in [0.1, 0.15) is 0 Å². The van der Waals surface area contributed by atoms with E-state index in [2.05, 4.69) is 33.9 Å². The van der Waals surface area contributed by atoms with Crippen molar-refractivity contribution in [2.24, 2.45) is 10.7 Å². The third kappa shape index (κ3) is 4.02. The highest BCUT2D eigenvalue weighted by Crippen LogP contribution is 2.36. The monoisotopic (exact) mass is 284 g/mol. The van der Waals surface area contributed by atoms with Gasteiger partial charge in [0.25, 0.3) is 0 Å². The molecule has 0 bridgehead atoms. The summed E-state index contributed by atoms with van der Waals surface area (Å²) in [6.07, 6.45) is 6.37. The molecule has 3 N–H and O–H groups in total. The number of hydrogen-bond acceptors (Lipinski definition) is 3. The molecular formula is C14H28N4S. The zero-order chi connectivity index (χ0) is 13.6. The summed E-state index contributed by atoms with van der Waals surface area (Å²) in [4.78, 5) is 7.31. The van der Waals surface area contributed by atoms with Crippen LogP contribution >= 0.6 is 11.8 Å². The quantitative estimate of drug-likeness (QED) is 0.595. The Hall–Kier alpha value is -0.420. The Morgan fingerprint density at radius 1 is 1.32 bits per heavy atom. The van der Waals surface area contributed by atoms with Gasteiger partial charge in [-0.25, -0.2) is 0 Å². The van der Waals surface area contributed by atoms with Crippen LogP contribution in [0.5, 0.6) is 0 Å². The molecule has 0 unspecified atom stereocenters. The van der Waals surface area contributed by atoms with Gasteiger partial charge in [0.05, 0.1) is 6.54 Å². The van der Waals surface area contributed by atoms with Gasteiger partial charge in [-0.2, -0.15) is 11.8 Å². The summed E-state index contributed by atoms with van der Waals surface area (Å²) in [6, 6.07) is 0. The summed E-state index contributed by atoms with van der Waals surface area (Å²) >= 11 is 2.08. The van der Waals surface area contributed by atoms with Crippen molar-refractivity contribution in [3.05, 3.63) is 0 Å². The van der Waals surface area contributed by atoms with E-state index in [0.29, 0.717) is 11.5 Å². The summed E-state index contributed by atoms with van der Waals surface area (Å²) < 4.78 is 0. The second-order valence-electron chi connectivity index (χ2n) is 5.66.